The zero-order valence-corrected chi connectivity index (χ0v) is 10.1. The van der Waals surface area contributed by atoms with Gasteiger partial charge in [-0.05, 0) is 17.9 Å². The third kappa shape index (κ3) is 5.32. The first kappa shape index (κ1) is 13.5. The molecule has 0 aliphatic heterocycles. The van der Waals surface area contributed by atoms with Gasteiger partial charge in [-0.3, -0.25) is 4.79 Å². The molecule has 7 heteroatoms. The first-order valence-electron chi connectivity index (χ1n) is 5.14. The fourth-order valence-electron chi connectivity index (χ4n) is 1.10. The number of nitrogens with zero attached hydrogens (tertiary/aromatic N) is 1. The van der Waals surface area contributed by atoms with Gasteiger partial charge in [0.15, 0.2) is 5.96 Å². The van der Waals surface area contributed by atoms with Crippen molar-refractivity contribution in [3.63, 3.8) is 0 Å². The molecular weight excluding hydrogens is 240 g/mol. The monoisotopic (exact) mass is 256 g/mol. The third-order valence-electron chi connectivity index (χ3n) is 2.06. The number of guanidine groups is 1. The SMILES string of the molecule is NC(=NCc1cccs1)NCCC(N)C(=O)O. The molecule has 1 aromatic rings. The molecule has 0 amide bonds. The van der Waals surface area contributed by atoms with Crippen LogP contribution in [0.1, 0.15) is 11.3 Å². The summed E-state index contributed by atoms with van der Waals surface area (Å²) in [5.41, 5.74) is 10.9. The average molecular weight is 256 g/mol. The Morgan fingerprint density at radius 1 is 1.65 bits per heavy atom. The molecule has 1 aromatic heterocycles. The van der Waals surface area contributed by atoms with E-state index in [0.717, 1.165) is 4.88 Å². The molecule has 0 fully saturated rings. The summed E-state index contributed by atoms with van der Waals surface area (Å²) in [5.74, 6) is -0.711. The highest BCUT2D eigenvalue weighted by atomic mass is 32.1. The lowest BCUT2D eigenvalue weighted by Gasteiger charge is -2.08. The number of hydrogen-bond donors (Lipinski definition) is 4. The summed E-state index contributed by atoms with van der Waals surface area (Å²) in [6.45, 7) is 0.925. The Morgan fingerprint density at radius 2 is 2.41 bits per heavy atom. The molecule has 17 heavy (non-hydrogen) atoms. The second kappa shape index (κ2) is 6.87. The van der Waals surface area contributed by atoms with E-state index in [4.69, 9.17) is 16.6 Å². The van der Waals surface area contributed by atoms with E-state index in [1.807, 2.05) is 17.5 Å². The van der Waals surface area contributed by atoms with Crippen LogP contribution in [0.3, 0.4) is 0 Å². The lowest BCUT2D eigenvalue weighted by molar-refractivity contribution is -0.138. The number of aliphatic imine (C=N–C) groups is 1. The summed E-state index contributed by atoms with van der Waals surface area (Å²) in [6.07, 6.45) is 0.310. The molecule has 0 aliphatic carbocycles. The molecule has 94 valence electrons. The van der Waals surface area contributed by atoms with E-state index in [1.165, 1.54) is 0 Å². The van der Waals surface area contributed by atoms with Gasteiger partial charge in [0.25, 0.3) is 0 Å². The summed E-state index contributed by atoms with van der Waals surface area (Å²) >= 11 is 1.61. The van der Waals surface area contributed by atoms with Crippen molar-refractivity contribution >= 4 is 23.3 Å². The zero-order valence-electron chi connectivity index (χ0n) is 9.30. The smallest absolute Gasteiger partial charge is 0.320 e. The molecule has 6 N–H and O–H groups in total. The predicted molar refractivity (Wildman–Crippen MR) is 67.9 cm³/mol. The van der Waals surface area contributed by atoms with Crippen LogP contribution in [-0.2, 0) is 11.3 Å². The molecule has 1 rings (SSSR count). The number of carboxylic acid groups (broad SMARTS) is 1. The van der Waals surface area contributed by atoms with Gasteiger partial charge in [-0.15, -0.1) is 11.3 Å². The van der Waals surface area contributed by atoms with Gasteiger partial charge in [-0.25, -0.2) is 4.99 Å². The van der Waals surface area contributed by atoms with Crippen molar-refractivity contribution in [3.8, 4) is 0 Å². The number of rotatable bonds is 6. The van der Waals surface area contributed by atoms with Gasteiger partial charge in [-0.1, -0.05) is 6.07 Å². The van der Waals surface area contributed by atoms with Crippen molar-refractivity contribution in [1.29, 1.82) is 0 Å². The molecule has 0 saturated carbocycles. The van der Waals surface area contributed by atoms with Crippen LogP contribution in [0.25, 0.3) is 0 Å². The van der Waals surface area contributed by atoms with Crippen molar-refractivity contribution in [3.05, 3.63) is 22.4 Å². The molecule has 0 aromatic carbocycles. The highest BCUT2D eigenvalue weighted by Crippen LogP contribution is 2.08. The van der Waals surface area contributed by atoms with Crippen LogP contribution in [-0.4, -0.2) is 29.6 Å². The standard InChI is InChI=1S/C10H16N4O2S/c11-8(9(15)16)3-4-13-10(12)14-6-7-2-1-5-17-7/h1-2,5,8H,3-4,6,11H2,(H,15,16)(H3,12,13,14). The van der Waals surface area contributed by atoms with E-state index >= 15 is 0 Å². The summed E-state index contributed by atoms with van der Waals surface area (Å²) in [7, 11) is 0. The van der Waals surface area contributed by atoms with Crippen molar-refractivity contribution in [2.45, 2.75) is 19.0 Å². The number of hydrogen-bond acceptors (Lipinski definition) is 4. The number of carbonyl (C=O) groups is 1. The number of aliphatic carboxylic acids is 1. The van der Waals surface area contributed by atoms with E-state index in [9.17, 15) is 4.79 Å². The molecular formula is C10H16N4O2S. The Balaban J connectivity index is 2.22. The second-order valence-corrected chi connectivity index (χ2v) is 4.47. The molecule has 6 nitrogen and oxygen atoms in total. The van der Waals surface area contributed by atoms with Crippen LogP contribution in [0, 0.1) is 0 Å². The van der Waals surface area contributed by atoms with E-state index in [0.29, 0.717) is 25.5 Å². The minimum Gasteiger partial charge on any atom is -0.480 e. The van der Waals surface area contributed by atoms with Crippen LogP contribution < -0.4 is 16.8 Å². The van der Waals surface area contributed by atoms with Crippen molar-refractivity contribution in [1.82, 2.24) is 5.32 Å². The van der Waals surface area contributed by atoms with Gasteiger partial charge >= 0.3 is 5.97 Å². The van der Waals surface area contributed by atoms with Gasteiger partial charge in [0, 0.05) is 11.4 Å². The molecule has 0 radical (unpaired) electrons. The van der Waals surface area contributed by atoms with Crippen LogP contribution >= 0.6 is 11.3 Å². The molecule has 0 aliphatic rings. The minimum atomic E-state index is -1.01. The molecule has 0 saturated heterocycles. The summed E-state index contributed by atoms with van der Waals surface area (Å²) in [4.78, 5) is 15.7. The fourth-order valence-corrected chi connectivity index (χ4v) is 1.73. The topological polar surface area (TPSA) is 114 Å². The van der Waals surface area contributed by atoms with Gasteiger partial charge < -0.3 is 21.9 Å². The van der Waals surface area contributed by atoms with Gasteiger partial charge in [0.2, 0.25) is 0 Å². The number of thiophene rings is 1. The van der Waals surface area contributed by atoms with E-state index < -0.39 is 12.0 Å². The quantitative estimate of drug-likeness (QED) is 0.421. The van der Waals surface area contributed by atoms with Crippen LogP contribution in [0.4, 0.5) is 0 Å². The fraction of sp³-hybridized carbons (Fsp3) is 0.400. The maximum absolute atomic E-state index is 10.4. The van der Waals surface area contributed by atoms with Crippen LogP contribution in [0.5, 0.6) is 0 Å². The molecule has 1 atom stereocenters. The van der Waals surface area contributed by atoms with Crippen molar-refractivity contribution in [2.75, 3.05) is 6.54 Å². The molecule has 0 spiro atoms. The highest BCUT2D eigenvalue weighted by Gasteiger charge is 2.10. The lowest BCUT2D eigenvalue weighted by atomic mass is 10.2. The van der Waals surface area contributed by atoms with Crippen LogP contribution in [0.2, 0.25) is 0 Å². The molecule has 0 bridgehead atoms. The second-order valence-electron chi connectivity index (χ2n) is 3.44. The predicted octanol–water partition coefficient (Wildman–Crippen LogP) is -0.0456. The maximum Gasteiger partial charge on any atom is 0.320 e. The van der Waals surface area contributed by atoms with Crippen LogP contribution in [0.15, 0.2) is 22.5 Å². The largest absolute Gasteiger partial charge is 0.480 e. The Hall–Kier alpha value is -1.60. The third-order valence-corrected chi connectivity index (χ3v) is 2.93. The molecule has 1 heterocycles. The zero-order chi connectivity index (χ0) is 12.7. The van der Waals surface area contributed by atoms with E-state index in [-0.39, 0.29) is 0 Å². The summed E-state index contributed by atoms with van der Waals surface area (Å²) in [6, 6.07) is 3.06. The first-order chi connectivity index (χ1) is 8.09. The number of nitrogens with one attached hydrogen (secondary N) is 1. The highest BCUT2D eigenvalue weighted by molar-refractivity contribution is 7.09. The van der Waals surface area contributed by atoms with Gasteiger partial charge in [-0.2, -0.15) is 0 Å². The van der Waals surface area contributed by atoms with Gasteiger partial charge in [0.1, 0.15) is 6.04 Å². The number of nitrogens with two attached hydrogens (primary N) is 2. The summed E-state index contributed by atoms with van der Waals surface area (Å²) in [5, 5.41) is 13.4. The lowest BCUT2D eigenvalue weighted by Crippen LogP contribution is -2.38. The Kier molecular flexibility index (Phi) is 5.44. The molecule has 1 unspecified atom stereocenters. The minimum absolute atomic E-state index is 0.302. The Bertz CT molecular complexity index is 378. The maximum atomic E-state index is 10.4. The Labute approximate surface area is 103 Å². The van der Waals surface area contributed by atoms with Gasteiger partial charge in [0.05, 0.1) is 6.54 Å². The van der Waals surface area contributed by atoms with E-state index in [1.54, 1.807) is 11.3 Å². The van der Waals surface area contributed by atoms with Crippen molar-refractivity contribution in [2.24, 2.45) is 16.5 Å². The van der Waals surface area contributed by atoms with E-state index in [2.05, 4.69) is 10.3 Å². The number of carboxylic acids is 1. The van der Waals surface area contributed by atoms with Crippen molar-refractivity contribution < 1.29 is 9.90 Å². The summed E-state index contributed by atoms with van der Waals surface area (Å²) < 4.78 is 0. The normalized spacial score (nSPS) is 13.4. The first-order valence-corrected chi connectivity index (χ1v) is 6.02. The Morgan fingerprint density at radius 3 is 3.00 bits per heavy atom. The average Bonchev–Trinajstić information content (AvgIpc) is 2.78.